The fourth-order valence-electron chi connectivity index (χ4n) is 1.82. The number of carbonyl (C=O) groups is 2. The van der Waals surface area contributed by atoms with E-state index in [-0.39, 0.29) is 18.1 Å². The number of nitrogens with zero attached hydrogens (tertiary/aromatic N) is 2. The highest BCUT2D eigenvalue weighted by atomic mass is 35.5. The van der Waals surface area contributed by atoms with Gasteiger partial charge in [0.05, 0.1) is 28.8 Å². The van der Waals surface area contributed by atoms with Gasteiger partial charge in [0.15, 0.2) is 0 Å². The predicted octanol–water partition coefficient (Wildman–Crippen LogP) is 2.06. The van der Waals surface area contributed by atoms with Gasteiger partial charge in [0.2, 0.25) is 0 Å². The van der Waals surface area contributed by atoms with Crippen molar-refractivity contribution in [3.8, 4) is 0 Å². The summed E-state index contributed by atoms with van der Waals surface area (Å²) in [5.41, 5.74) is 1.31. The van der Waals surface area contributed by atoms with Crippen molar-refractivity contribution < 1.29 is 19.4 Å². The van der Waals surface area contributed by atoms with Crippen molar-refractivity contribution >= 4 is 40.4 Å². The number of amides is 1. The van der Waals surface area contributed by atoms with Crippen LogP contribution in [0.25, 0.3) is 11.0 Å². The predicted molar refractivity (Wildman–Crippen MR) is 73.4 cm³/mol. The maximum Gasteiger partial charge on any atom is 0.411 e. The van der Waals surface area contributed by atoms with E-state index in [0.717, 1.165) is 0 Å². The summed E-state index contributed by atoms with van der Waals surface area (Å²) in [6.45, 7) is 0.0744. The molecule has 8 heteroatoms. The molecule has 0 spiro atoms. The van der Waals surface area contributed by atoms with Crippen LogP contribution in [0, 0.1) is 0 Å². The molecule has 2 N–H and O–H groups in total. The lowest BCUT2D eigenvalue weighted by molar-refractivity contribution is 0.0698. The molecule has 7 nitrogen and oxygen atoms in total. The van der Waals surface area contributed by atoms with Crippen molar-refractivity contribution in [1.82, 2.24) is 9.55 Å². The van der Waals surface area contributed by atoms with Gasteiger partial charge in [0.25, 0.3) is 0 Å². The number of carboxylic acid groups (broad SMARTS) is 1. The Hall–Kier alpha value is -2.28. The van der Waals surface area contributed by atoms with Gasteiger partial charge < -0.3 is 14.4 Å². The molecular weight excluding hydrogens is 286 g/mol. The average Bonchev–Trinajstić information content (AvgIpc) is 2.77. The lowest BCUT2D eigenvalue weighted by atomic mass is 10.1. The number of carboxylic acids is 1. The number of hydrogen-bond acceptors (Lipinski definition) is 4. The molecule has 0 aliphatic heterocycles. The molecule has 1 heterocycles. The summed E-state index contributed by atoms with van der Waals surface area (Å²) in [6.07, 6.45) is 0.810. The third kappa shape index (κ3) is 2.83. The van der Waals surface area contributed by atoms with E-state index in [1.165, 1.54) is 12.4 Å². The van der Waals surface area contributed by atoms with Gasteiger partial charge in [0, 0.05) is 12.7 Å². The van der Waals surface area contributed by atoms with E-state index >= 15 is 0 Å². The van der Waals surface area contributed by atoms with E-state index in [4.69, 9.17) is 16.3 Å². The van der Waals surface area contributed by atoms with Gasteiger partial charge in [-0.3, -0.25) is 5.32 Å². The number of halogens is 1. The van der Waals surface area contributed by atoms with Crippen LogP contribution in [0.5, 0.6) is 0 Å². The number of anilines is 1. The van der Waals surface area contributed by atoms with Crippen LogP contribution in [0.3, 0.4) is 0 Å². The lowest BCUT2D eigenvalue weighted by Crippen LogP contribution is -2.15. The van der Waals surface area contributed by atoms with Crippen molar-refractivity contribution in [3.63, 3.8) is 0 Å². The fourth-order valence-corrected chi connectivity index (χ4v) is 1.89. The molecule has 20 heavy (non-hydrogen) atoms. The molecule has 0 aliphatic carbocycles. The Balaban J connectivity index is 2.36. The molecule has 1 aromatic heterocycles. The third-order valence-electron chi connectivity index (χ3n) is 2.60. The van der Waals surface area contributed by atoms with E-state index in [9.17, 15) is 14.7 Å². The Bertz CT molecular complexity index is 668. The van der Waals surface area contributed by atoms with Gasteiger partial charge in [-0.2, -0.15) is 0 Å². The van der Waals surface area contributed by atoms with Crippen LogP contribution in [0.2, 0.25) is 0 Å². The van der Waals surface area contributed by atoms with Crippen LogP contribution < -0.4 is 5.32 Å². The standard InChI is InChI=1S/C12H12ClN3O4/c1-16-6-14-9-5-7(15-12(19)20-3-2-13)4-8(10(9)16)11(17)18/h4-6H,2-3H2,1H3,(H,15,19)(H,17,18). The first-order chi connectivity index (χ1) is 9.52. The Labute approximate surface area is 119 Å². The smallest absolute Gasteiger partial charge is 0.411 e. The number of alkyl halides is 1. The average molecular weight is 298 g/mol. The molecule has 0 saturated carbocycles. The summed E-state index contributed by atoms with van der Waals surface area (Å²) in [4.78, 5) is 26.8. The molecule has 0 unspecified atom stereocenters. The Kier molecular flexibility index (Phi) is 4.09. The first-order valence-corrected chi connectivity index (χ1v) is 6.24. The van der Waals surface area contributed by atoms with E-state index in [1.54, 1.807) is 17.7 Å². The number of aryl methyl sites for hydroxylation is 1. The molecule has 106 valence electrons. The van der Waals surface area contributed by atoms with Crippen LogP contribution in [0.4, 0.5) is 10.5 Å². The van der Waals surface area contributed by atoms with E-state index in [2.05, 4.69) is 10.3 Å². The number of aromatic nitrogens is 2. The van der Waals surface area contributed by atoms with Crippen molar-refractivity contribution in [2.24, 2.45) is 7.05 Å². The molecular formula is C12H12ClN3O4. The Morgan fingerprint density at radius 2 is 2.25 bits per heavy atom. The van der Waals surface area contributed by atoms with Crippen LogP contribution in [0.1, 0.15) is 10.4 Å². The molecule has 0 fully saturated rings. The number of fused-ring (bicyclic) bond motifs is 1. The Morgan fingerprint density at radius 1 is 1.50 bits per heavy atom. The van der Waals surface area contributed by atoms with Crippen LogP contribution in [0.15, 0.2) is 18.5 Å². The van der Waals surface area contributed by atoms with Gasteiger partial charge in [-0.25, -0.2) is 14.6 Å². The highest BCUT2D eigenvalue weighted by Gasteiger charge is 2.15. The minimum Gasteiger partial charge on any atom is -0.478 e. The van der Waals surface area contributed by atoms with Gasteiger partial charge in [-0.1, -0.05) is 0 Å². The second kappa shape index (κ2) is 5.79. The highest BCUT2D eigenvalue weighted by molar-refractivity contribution is 6.18. The fraction of sp³-hybridized carbons (Fsp3) is 0.250. The maximum atomic E-state index is 11.4. The second-order valence-electron chi connectivity index (χ2n) is 4.00. The van der Waals surface area contributed by atoms with Gasteiger partial charge in [-0.15, -0.1) is 11.6 Å². The second-order valence-corrected chi connectivity index (χ2v) is 4.38. The van der Waals surface area contributed by atoms with Crippen molar-refractivity contribution in [3.05, 3.63) is 24.0 Å². The highest BCUT2D eigenvalue weighted by Crippen LogP contribution is 2.23. The number of ether oxygens (including phenoxy) is 1. The van der Waals surface area contributed by atoms with E-state index in [0.29, 0.717) is 16.7 Å². The van der Waals surface area contributed by atoms with Gasteiger partial charge in [0.1, 0.15) is 6.61 Å². The largest absolute Gasteiger partial charge is 0.478 e. The number of hydrogen-bond donors (Lipinski definition) is 2. The van der Waals surface area contributed by atoms with Gasteiger partial charge >= 0.3 is 12.1 Å². The van der Waals surface area contributed by atoms with E-state index in [1.807, 2.05) is 0 Å². The Morgan fingerprint density at radius 3 is 2.90 bits per heavy atom. The summed E-state index contributed by atoms with van der Waals surface area (Å²) in [5.74, 6) is -0.913. The zero-order valence-corrected chi connectivity index (χ0v) is 11.3. The minimum atomic E-state index is -1.10. The number of benzene rings is 1. The van der Waals surface area contributed by atoms with Crippen LogP contribution in [-0.4, -0.2) is 39.2 Å². The molecule has 0 atom stereocenters. The molecule has 0 saturated heterocycles. The molecule has 2 rings (SSSR count). The van der Waals surface area contributed by atoms with Crippen LogP contribution >= 0.6 is 11.6 Å². The molecule has 0 radical (unpaired) electrons. The third-order valence-corrected chi connectivity index (χ3v) is 2.75. The van der Waals surface area contributed by atoms with Crippen molar-refractivity contribution in [2.45, 2.75) is 0 Å². The molecule has 0 bridgehead atoms. The summed E-state index contributed by atoms with van der Waals surface area (Å²) in [6, 6.07) is 2.93. The SMILES string of the molecule is Cn1cnc2cc(NC(=O)OCCCl)cc(C(=O)O)c21. The van der Waals surface area contributed by atoms with E-state index < -0.39 is 12.1 Å². The normalized spacial score (nSPS) is 10.5. The monoisotopic (exact) mass is 297 g/mol. The minimum absolute atomic E-state index is 0.0511. The first-order valence-electron chi connectivity index (χ1n) is 5.71. The molecule has 0 aliphatic rings. The van der Waals surface area contributed by atoms with Crippen molar-refractivity contribution in [2.75, 3.05) is 17.8 Å². The zero-order valence-electron chi connectivity index (χ0n) is 10.6. The molecule has 2 aromatic rings. The number of imidazole rings is 1. The lowest BCUT2D eigenvalue weighted by Gasteiger charge is -2.08. The summed E-state index contributed by atoms with van der Waals surface area (Å²) in [5, 5.41) is 11.7. The zero-order chi connectivity index (χ0) is 14.7. The van der Waals surface area contributed by atoms with Crippen LogP contribution in [-0.2, 0) is 11.8 Å². The number of carbonyl (C=O) groups excluding carboxylic acids is 1. The number of nitrogens with one attached hydrogen (secondary N) is 1. The first kappa shape index (κ1) is 14.1. The quantitative estimate of drug-likeness (QED) is 0.843. The topological polar surface area (TPSA) is 93.5 Å². The molecule has 1 aromatic carbocycles. The summed E-state index contributed by atoms with van der Waals surface area (Å²) < 4.78 is 6.36. The maximum absolute atomic E-state index is 11.4. The van der Waals surface area contributed by atoms with Crippen molar-refractivity contribution in [1.29, 1.82) is 0 Å². The summed E-state index contributed by atoms with van der Waals surface area (Å²) >= 11 is 5.40. The summed E-state index contributed by atoms with van der Waals surface area (Å²) in [7, 11) is 1.70. The molecule has 1 amide bonds. The van der Waals surface area contributed by atoms with Gasteiger partial charge in [-0.05, 0) is 12.1 Å². The number of rotatable bonds is 4. The number of aromatic carboxylic acids is 1.